The molecule has 0 aliphatic heterocycles. The second-order valence-corrected chi connectivity index (χ2v) is 5.46. The molecule has 0 bridgehead atoms. The number of nitrogens with zero attached hydrogens (tertiary/aromatic N) is 1. The lowest BCUT2D eigenvalue weighted by Gasteiger charge is -2.20. The smallest absolute Gasteiger partial charge is 0.0512 e. The topological polar surface area (TPSA) is 12.9 Å². The maximum Gasteiger partial charge on any atom is 0.0512 e. The summed E-state index contributed by atoms with van der Waals surface area (Å²) in [5.41, 5.74) is 1.34. The summed E-state index contributed by atoms with van der Waals surface area (Å²) in [4.78, 5) is 4.70. The van der Waals surface area contributed by atoms with Crippen molar-refractivity contribution in [3.63, 3.8) is 0 Å². The highest BCUT2D eigenvalue weighted by atomic mass is 14.7. The van der Waals surface area contributed by atoms with Gasteiger partial charge in [0.1, 0.15) is 0 Å². The minimum atomic E-state index is 0.677. The minimum Gasteiger partial charge on any atom is -0.260 e. The summed E-state index contributed by atoms with van der Waals surface area (Å²) in [5, 5.41) is 2.70. The Hall–Kier alpha value is -1.37. The molecule has 0 saturated heterocycles. The molecular formula is C17H21N. The lowest BCUT2D eigenvalue weighted by Crippen LogP contribution is -2.05. The molecule has 3 rings (SSSR count). The van der Waals surface area contributed by atoms with Crippen LogP contribution in [-0.4, -0.2) is 4.98 Å². The van der Waals surface area contributed by atoms with E-state index in [1.165, 1.54) is 61.4 Å². The van der Waals surface area contributed by atoms with E-state index in [0.717, 1.165) is 0 Å². The highest BCUT2D eigenvalue weighted by molar-refractivity contribution is 5.84. The summed E-state index contributed by atoms with van der Waals surface area (Å²) in [5.74, 6) is 0.677. The van der Waals surface area contributed by atoms with Crippen molar-refractivity contribution in [2.24, 2.45) is 0 Å². The Balaban J connectivity index is 1.96. The third-order valence-electron chi connectivity index (χ3n) is 4.20. The Morgan fingerprint density at radius 3 is 2.39 bits per heavy atom. The van der Waals surface area contributed by atoms with Gasteiger partial charge in [-0.25, -0.2) is 0 Å². The van der Waals surface area contributed by atoms with E-state index in [-0.39, 0.29) is 0 Å². The van der Waals surface area contributed by atoms with E-state index in [2.05, 4.69) is 30.3 Å². The molecule has 94 valence electrons. The van der Waals surface area contributed by atoms with E-state index >= 15 is 0 Å². The van der Waals surface area contributed by atoms with Crippen LogP contribution in [0.25, 0.3) is 10.8 Å². The number of hydrogen-bond donors (Lipinski definition) is 0. The van der Waals surface area contributed by atoms with Gasteiger partial charge in [0, 0.05) is 17.5 Å². The molecule has 1 heterocycles. The summed E-state index contributed by atoms with van der Waals surface area (Å²) in [7, 11) is 0. The standard InChI is InChI=1S/C17H21N/c1-2-4-9-15(10-5-3-1)17-16-11-7-6-8-14(16)12-13-18-17/h6-8,11-13,15H,1-5,9-10H2. The average Bonchev–Trinajstić information content (AvgIpc) is 2.38. The number of hydrogen-bond acceptors (Lipinski definition) is 1. The molecule has 1 aromatic heterocycles. The van der Waals surface area contributed by atoms with Gasteiger partial charge < -0.3 is 0 Å². The lowest BCUT2D eigenvalue weighted by atomic mass is 9.87. The van der Waals surface area contributed by atoms with Crippen LogP contribution >= 0.6 is 0 Å². The molecule has 18 heavy (non-hydrogen) atoms. The van der Waals surface area contributed by atoms with Gasteiger partial charge in [0.2, 0.25) is 0 Å². The molecule has 0 atom stereocenters. The van der Waals surface area contributed by atoms with Gasteiger partial charge in [-0.15, -0.1) is 0 Å². The van der Waals surface area contributed by atoms with Crippen LogP contribution in [0.2, 0.25) is 0 Å². The molecule has 2 aromatic rings. The van der Waals surface area contributed by atoms with E-state index in [1.54, 1.807) is 0 Å². The fraction of sp³-hybridized carbons (Fsp3) is 0.471. The predicted octanol–water partition coefficient (Wildman–Crippen LogP) is 5.06. The third-order valence-corrected chi connectivity index (χ3v) is 4.20. The highest BCUT2D eigenvalue weighted by Crippen LogP contribution is 2.33. The normalized spacial score (nSPS) is 18.4. The van der Waals surface area contributed by atoms with Crippen LogP contribution in [0.5, 0.6) is 0 Å². The van der Waals surface area contributed by atoms with Gasteiger partial charge in [-0.1, -0.05) is 56.4 Å². The summed E-state index contributed by atoms with van der Waals surface area (Å²) < 4.78 is 0. The van der Waals surface area contributed by atoms with Crippen molar-refractivity contribution in [2.45, 2.75) is 50.9 Å². The lowest BCUT2D eigenvalue weighted by molar-refractivity contribution is 0.451. The fourth-order valence-corrected chi connectivity index (χ4v) is 3.20. The van der Waals surface area contributed by atoms with Crippen LogP contribution in [0.4, 0.5) is 0 Å². The van der Waals surface area contributed by atoms with Crippen molar-refractivity contribution in [1.82, 2.24) is 4.98 Å². The van der Waals surface area contributed by atoms with Gasteiger partial charge in [0.05, 0.1) is 5.69 Å². The Bertz CT molecular complexity index is 505. The first-order chi connectivity index (χ1) is 8.95. The van der Waals surface area contributed by atoms with Crippen LogP contribution < -0.4 is 0 Å². The maximum atomic E-state index is 4.70. The van der Waals surface area contributed by atoms with Crippen molar-refractivity contribution in [3.05, 3.63) is 42.2 Å². The Morgan fingerprint density at radius 2 is 1.56 bits per heavy atom. The summed E-state index contributed by atoms with van der Waals surface area (Å²) in [6.45, 7) is 0. The Morgan fingerprint density at radius 1 is 0.833 bits per heavy atom. The zero-order valence-electron chi connectivity index (χ0n) is 10.9. The SMILES string of the molecule is c1ccc2c(C3CCCCCCC3)nccc2c1. The molecule has 0 spiro atoms. The van der Waals surface area contributed by atoms with Crippen molar-refractivity contribution in [2.75, 3.05) is 0 Å². The molecule has 0 amide bonds. The van der Waals surface area contributed by atoms with Crippen LogP contribution in [0.15, 0.2) is 36.5 Å². The van der Waals surface area contributed by atoms with Crippen LogP contribution in [0.1, 0.15) is 56.6 Å². The number of pyridine rings is 1. The fourth-order valence-electron chi connectivity index (χ4n) is 3.20. The molecule has 1 aliphatic carbocycles. The molecule has 1 heteroatoms. The number of rotatable bonds is 1. The number of aromatic nitrogens is 1. The van der Waals surface area contributed by atoms with Crippen molar-refractivity contribution < 1.29 is 0 Å². The second-order valence-electron chi connectivity index (χ2n) is 5.46. The Kier molecular flexibility index (Phi) is 3.59. The van der Waals surface area contributed by atoms with Gasteiger partial charge in [-0.05, 0) is 24.3 Å². The molecule has 1 aliphatic rings. The first-order valence-corrected chi connectivity index (χ1v) is 7.29. The van der Waals surface area contributed by atoms with Crippen LogP contribution in [-0.2, 0) is 0 Å². The van der Waals surface area contributed by atoms with Gasteiger partial charge in [-0.2, -0.15) is 0 Å². The summed E-state index contributed by atoms with van der Waals surface area (Å²) >= 11 is 0. The van der Waals surface area contributed by atoms with Crippen molar-refractivity contribution in [3.8, 4) is 0 Å². The molecule has 1 aromatic carbocycles. The highest BCUT2D eigenvalue weighted by Gasteiger charge is 2.16. The largest absolute Gasteiger partial charge is 0.260 e. The van der Waals surface area contributed by atoms with Crippen molar-refractivity contribution >= 4 is 10.8 Å². The molecule has 1 fully saturated rings. The van der Waals surface area contributed by atoms with Gasteiger partial charge in [-0.3, -0.25) is 4.98 Å². The zero-order chi connectivity index (χ0) is 12.2. The monoisotopic (exact) mass is 239 g/mol. The molecule has 1 saturated carbocycles. The third kappa shape index (κ3) is 2.40. The zero-order valence-corrected chi connectivity index (χ0v) is 10.9. The van der Waals surface area contributed by atoms with E-state index in [9.17, 15) is 0 Å². The van der Waals surface area contributed by atoms with E-state index in [4.69, 9.17) is 4.98 Å². The minimum absolute atomic E-state index is 0.677. The Labute approximate surface area is 109 Å². The average molecular weight is 239 g/mol. The summed E-state index contributed by atoms with van der Waals surface area (Å²) in [6.07, 6.45) is 11.6. The number of fused-ring (bicyclic) bond motifs is 1. The second kappa shape index (κ2) is 5.51. The van der Waals surface area contributed by atoms with Gasteiger partial charge >= 0.3 is 0 Å². The molecule has 0 N–H and O–H groups in total. The first-order valence-electron chi connectivity index (χ1n) is 7.29. The van der Waals surface area contributed by atoms with Crippen LogP contribution in [0, 0.1) is 0 Å². The van der Waals surface area contributed by atoms with Gasteiger partial charge in [0.25, 0.3) is 0 Å². The maximum absolute atomic E-state index is 4.70. The van der Waals surface area contributed by atoms with Crippen molar-refractivity contribution in [1.29, 1.82) is 0 Å². The molecule has 0 unspecified atom stereocenters. The first kappa shape index (κ1) is 11.7. The molecule has 1 nitrogen and oxygen atoms in total. The molecular weight excluding hydrogens is 218 g/mol. The van der Waals surface area contributed by atoms with E-state index in [0.29, 0.717) is 5.92 Å². The summed E-state index contributed by atoms with van der Waals surface area (Å²) in [6, 6.07) is 10.8. The van der Waals surface area contributed by atoms with Gasteiger partial charge in [0.15, 0.2) is 0 Å². The quantitative estimate of drug-likeness (QED) is 0.677. The number of benzene rings is 1. The van der Waals surface area contributed by atoms with E-state index < -0.39 is 0 Å². The predicted molar refractivity (Wildman–Crippen MR) is 76.8 cm³/mol. The van der Waals surface area contributed by atoms with Crippen LogP contribution in [0.3, 0.4) is 0 Å². The molecule has 0 radical (unpaired) electrons. The van der Waals surface area contributed by atoms with E-state index in [1.807, 2.05) is 6.20 Å².